The minimum atomic E-state index is 0.783. The van der Waals surface area contributed by atoms with E-state index in [1.807, 2.05) is 37.4 Å². The Kier molecular flexibility index (Phi) is 3.10. The molecule has 2 nitrogen and oxygen atoms in total. The smallest absolute Gasteiger partial charge is 0.154 e. The number of hydrogen-bond donors (Lipinski definition) is 0. The first-order valence-electron chi connectivity index (χ1n) is 5.28. The molecule has 0 saturated carbocycles. The summed E-state index contributed by atoms with van der Waals surface area (Å²) in [6, 6.07) is 12.1. The summed E-state index contributed by atoms with van der Waals surface area (Å²) in [5.41, 5.74) is 3.44. The molecule has 2 heteroatoms. The van der Waals surface area contributed by atoms with Gasteiger partial charge in [-0.25, -0.2) is 9.98 Å². The zero-order chi connectivity index (χ0) is 11.4. The molecule has 0 radical (unpaired) electrons. The van der Waals surface area contributed by atoms with Crippen LogP contribution in [-0.4, -0.2) is 11.2 Å². The van der Waals surface area contributed by atoms with Gasteiger partial charge in [-0.3, -0.25) is 0 Å². The van der Waals surface area contributed by atoms with Gasteiger partial charge in [0.2, 0.25) is 0 Å². The number of nitrogens with zero attached hydrogens (tertiary/aromatic N) is 2. The molecule has 0 unspecified atom stereocenters. The van der Waals surface area contributed by atoms with Crippen LogP contribution in [0.3, 0.4) is 0 Å². The fourth-order valence-electron chi connectivity index (χ4n) is 1.47. The van der Waals surface area contributed by atoms with Gasteiger partial charge in [-0.05, 0) is 36.6 Å². The SMILES string of the molecule is Cc1ccccc1/C=N/c1ncccc1C. The Labute approximate surface area is 95.7 Å². The van der Waals surface area contributed by atoms with Crippen LogP contribution in [0.25, 0.3) is 0 Å². The van der Waals surface area contributed by atoms with Crippen LogP contribution in [0, 0.1) is 13.8 Å². The average Bonchev–Trinajstić information content (AvgIpc) is 2.30. The number of pyridine rings is 1. The Morgan fingerprint density at radius 1 is 1.00 bits per heavy atom. The van der Waals surface area contributed by atoms with Crippen molar-refractivity contribution in [2.75, 3.05) is 0 Å². The Morgan fingerprint density at radius 2 is 1.75 bits per heavy atom. The first-order chi connectivity index (χ1) is 7.77. The lowest BCUT2D eigenvalue weighted by Crippen LogP contribution is -1.86. The molecule has 80 valence electrons. The van der Waals surface area contributed by atoms with Crippen LogP contribution in [0.5, 0.6) is 0 Å². The Balaban J connectivity index is 2.29. The monoisotopic (exact) mass is 210 g/mol. The van der Waals surface area contributed by atoms with Crippen molar-refractivity contribution in [2.45, 2.75) is 13.8 Å². The molecule has 1 heterocycles. The van der Waals surface area contributed by atoms with Gasteiger partial charge in [0, 0.05) is 12.4 Å². The summed E-state index contributed by atoms with van der Waals surface area (Å²) in [7, 11) is 0. The lowest BCUT2D eigenvalue weighted by Gasteiger charge is -1.99. The normalized spacial score (nSPS) is 10.9. The molecule has 0 bridgehead atoms. The topological polar surface area (TPSA) is 25.2 Å². The van der Waals surface area contributed by atoms with Crippen molar-refractivity contribution in [2.24, 2.45) is 4.99 Å². The van der Waals surface area contributed by atoms with E-state index in [-0.39, 0.29) is 0 Å². The van der Waals surface area contributed by atoms with Crippen molar-refractivity contribution in [3.8, 4) is 0 Å². The molecular weight excluding hydrogens is 196 g/mol. The van der Waals surface area contributed by atoms with Gasteiger partial charge in [-0.15, -0.1) is 0 Å². The highest BCUT2D eigenvalue weighted by Gasteiger charge is 1.95. The van der Waals surface area contributed by atoms with E-state index in [0.717, 1.165) is 16.9 Å². The van der Waals surface area contributed by atoms with Crippen LogP contribution < -0.4 is 0 Å². The quantitative estimate of drug-likeness (QED) is 0.697. The second-order valence-corrected chi connectivity index (χ2v) is 3.76. The molecule has 0 amide bonds. The lowest BCUT2D eigenvalue weighted by molar-refractivity contribution is 1.23. The van der Waals surface area contributed by atoms with Crippen LogP contribution in [-0.2, 0) is 0 Å². The van der Waals surface area contributed by atoms with Gasteiger partial charge in [0.05, 0.1) is 0 Å². The minimum Gasteiger partial charge on any atom is -0.237 e. The second kappa shape index (κ2) is 4.71. The maximum absolute atomic E-state index is 4.40. The molecule has 0 atom stereocenters. The highest BCUT2D eigenvalue weighted by Crippen LogP contribution is 2.13. The number of hydrogen-bond acceptors (Lipinski definition) is 2. The highest BCUT2D eigenvalue weighted by molar-refractivity contribution is 5.83. The maximum Gasteiger partial charge on any atom is 0.154 e. The van der Waals surface area contributed by atoms with Gasteiger partial charge in [-0.2, -0.15) is 0 Å². The van der Waals surface area contributed by atoms with Crippen LogP contribution >= 0.6 is 0 Å². The van der Waals surface area contributed by atoms with Crippen molar-refractivity contribution < 1.29 is 0 Å². The van der Waals surface area contributed by atoms with E-state index in [4.69, 9.17) is 0 Å². The number of aryl methyl sites for hydroxylation is 2. The van der Waals surface area contributed by atoms with Gasteiger partial charge in [0.15, 0.2) is 5.82 Å². The van der Waals surface area contributed by atoms with Crippen LogP contribution in [0.15, 0.2) is 47.6 Å². The third-order valence-electron chi connectivity index (χ3n) is 2.50. The summed E-state index contributed by atoms with van der Waals surface area (Å²) in [4.78, 5) is 8.63. The number of aromatic nitrogens is 1. The van der Waals surface area contributed by atoms with Gasteiger partial charge < -0.3 is 0 Å². The van der Waals surface area contributed by atoms with Crippen LogP contribution in [0.4, 0.5) is 5.82 Å². The number of aliphatic imine (C=N–C) groups is 1. The van der Waals surface area contributed by atoms with Gasteiger partial charge >= 0.3 is 0 Å². The summed E-state index contributed by atoms with van der Waals surface area (Å²) in [5.74, 6) is 0.783. The largest absolute Gasteiger partial charge is 0.237 e. The molecule has 16 heavy (non-hydrogen) atoms. The predicted octanol–water partition coefficient (Wildman–Crippen LogP) is 3.45. The third kappa shape index (κ3) is 2.34. The third-order valence-corrected chi connectivity index (χ3v) is 2.50. The van der Waals surface area contributed by atoms with Gasteiger partial charge in [0.25, 0.3) is 0 Å². The molecule has 1 aromatic heterocycles. The van der Waals surface area contributed by atoms with Crippen molar-refractivity contribution in [1.29, 1.82) is 0 Å². The zero-order valence-electron chi connectivity index (χ0n) is 9.51. The van der Waals surface area contributed by atoms with E-state index in [9.17, 15) is 0 Å². The molecule has 2 rings (SSSR count). The average molecular weight is 210 g/mol. The zero-order valence-corrected chi connectivity index (χ0v) is 9.51. The first-order valence-corrected chi connectivity index (χ1v) is 5.28. The van der Waals surface area contributed by atoms with Crippen molar-refractivity contribution in [3.63, 3.8) is 0 Å². The second-order valence-electron chi connectivity index (χ2n) is 3.76. The van der Waals surface area contributed by atoms with E-state index < -0.39 is 0 Å². The number of benzene rings is 1. The van der Waals surface area contributed by atoms with Crippen LogP contribution in [0.1, 0.15) is 16.7 Å². The standard InChI is InChI=1S/C14H14N2/c1-11-6-3-4-8-13(11)10-16-14-12(2)7-5-9-15-14/h3-10H,1-2H3/b16-10+. The van der Waals surface area contributed by atoms with Crippen molar-refractivity contribution >= 4 is 12.0 Å². The summed E-state index contributed by atoms with van der Waals surface area (Å²) >= 11 is 0. The number of rotatable bonds is 2. The van der Waals surface area contributed by atoms with Crippen molar-refractivity contribution in [3.05, 3.63) is 59.3 Å². The maximum atomic E-state index is 4.40. The molecule has 0 saturated heterocycles. The van der Waals surface area contributed by atoms with E-state index >= 15 is 0 Å². The summed E-state index contributed by atoms with van der Waals surface area (Å²) in [6.07, 6.45) is 3.63. The lowest BCUT2D eigenvalue weighted by atomic mass is 10.1. The van der Waals surface area contributed by atoms with Gasteiger partial charge in [0.1, 0.15) is 0 Å². The van der Waals surface area contributed by atoms with Crippen LogP contribution in [0.2, 0.25) is 0 Å². The van der Waals surface area contributed by atoms with E-state index in [1.54, 1.807) is 6.20 Å². The minimum absolute atomic E-state index is 0.783. The highest BCUT2D eigenvalue weighted by atomic mass is 14.9. The molecule has 1 aromatic carbocycles. The molecule has 0 aliphatic carbocycles. The molecule has 2 aromatic rings. The molecule has 0 N–H and O–H groups in total. The summed E-state index contributed by atoms with van der Waals surface area (Å²) in [5, 5.41) is 0. The Hall–Kier alpha value is -1.96. The van der Waals surface area contributed by atoms with E-state index in [2.05, 4.69) is 29.0 Å². The predicted molar refractivity (Wildman–Crippen MR) is 67.4 cm³/mol. The van der Waals surface area contributed by atoms with Gasteiger partial charge in [-0.1, -0.05) is 30.3 Å². The first kappa shape index (κ1) is 10.6. The van der Waals surface area contributed by atoms with E-state index in [1.165, 1.54) is 5.56 Å². The molecule has 0 spiro atoms. The molecular formula is C14H14N2. The van der Waals surface area contributed by atoms with E-state index in [0.29, 0.717) is 0 Å². The van der Waals surface area contributed by atoms with Crippen molar-refractivity contribution in [1.82, 2.24) is 4.98 Å². The molecule has 0 fully saturated rings. The fraction of sp³-hybridized carbons (Fsp3) is 0.143. The molecule has 0 aliphatic rings. The fourth-order valence-corrected chi connectivity index (χ4v) is 1.47. The summed E-state index contributed by atoms with van der Waals surface area (Å²) < 4.78 is 0. The summed E-state index contributed by atoms with van der Waals surface area (Å²) in [6.45, 7) is 4.09. The molecule has 0 aliphatic heterocycles. The Bertz CT molecular complexity index is 468. The Morgan fingerprint density at radius 3 is 2.50 bits per heavy atom.